The van der Waals surface area contributed by atoms with Crippen LogP contribution in [-0.2, 0) is 11.3 Å². The van der Waals surface area contributed by atoms with Crippen LogP contribution in [0.1, 0.15) is 30.5 Å². The zero-order valence-electron chi connectivity index (χ0n) is 15.6. The molecule has 0 saturated heterocycles. The molecule has 142 valence electrons. The summed E-state index contributed by atoms with van der Waals surface area (Å²) >= 11 is 5.91. The fourth-order valence-corrected chi connectivity index (χ4v) is 2.98. The van der Waals surface area contributed by atoms with Gasteiger partial charge in [0.25, 0.3) is 0 Å². The van der Waals surface area contributed by atoms with Crippen molar-refractivity contribution in [3.8, 4) is 17.5 Å². The first-order valence-electron chi connectivity index (χ1n) is 8.81. The van der Waals surface area contributed by atoms with Crippen LogP contribution in [0.4, 0.5) is 0 Å². The second-order valence-corrected chi connectivity index (χ2v) is 6.81. The number of nitrogens with zero attached hydrogens (tertiary/aromatic N) is 6. The lowest BCUT2D eigenvalue weighted by atomic mass is 10.1. The van der Waals surface area contributed by atoms with Crippen molar-refractivity contribution in [3.05, 3.63) is 64.7 Å². The molecule has 3 aromatic rings. The van der Waals surface area contributed by atoms with Crippen molar-refractivity contribution in [2.45, 2.75) is 25.9 Å². The first-order chi connectivity index (χ1) is 13.5. The number of hydrogen-bond donors (Lipinski definition) is 0. The first-order valence-corrected chi connectivity index (χ1v) is 9.19. The number of halogens is 1. The van der Waals surface area contributed by atoms with Gasteiger partial charge in [-0.05, 0) is 53.6 Å². The lowest BCUT2D eigenvalue weighted by Crippen LogP contribution is -2.34. The SMILES string of the molecule is CCC(C(=O)N(C)Cc1cccc(C#N)c1)n1nnc(-c2ccc(Cl)cc2)n1. The van der Waals surface area contributed by atoms with Gasteiger partial charge >= 0.3 is 0 Å². The maximum Gasteiger partial charge on any atom is 0.249 e. The van der Waals surface area contributed by atoms with E-state index in [2.05, 4.69) is 21.5 Å². The molecule has 0 fully saturated rings. The van der Waals surface area contributed by atoms with Crippen molar-refractivity contribution in [1.82, 2.24) is 25.1 Å². The predicted octanol–water partition coefficient (Wildman–Crippen LogP) is 3.47. The number of carbonyl (C=O) groups is 1. The van der Waals surface area contributed by atoms with Crippen LogP contribution in [0.15, 0.2) is 48.5 Å². The summed E-state index contributed by atoms with van der Waals surface area (Å²) in [6.45, 7) is 2.29. The molecule has 0 radical (unpaired) electrons. The van der Waals surface area contributed by atoms with E-state index >= 15 is 0 Å². The minimum absolute atomic E-state index is 0.120. The molecule has 1 amide bonds. The fourth-order valence-electron chi connectivity index (χ4n) is 2.85. The molecule has 2 aromatic carbocycles. The summed E-state index contributed by atoms with van der Waals surface area (Å²) in [5, 5.41) is 22.2. The molecule has 0 aliphatic heterocycles. The lowest BCUT2D eigenvalue weighted by Gasteiger charge is -2.22. The second-order valence-electron chi connectivity index (χ2n) is 6.37. The van der Waals surface area contributed by atoms with E-state index in [1.807, 2.05) is 13.0 Å². The summed E-state index contributed by atoms with van der Waals surface area (Å²) in [4.78, 5) is 15.9. The van der Waals surface area contributed by atoms with Gasteiger partial charge in [-0.2, -0.15) is 10.1 Å². The van der Waals surface area contributed by atoms with Gasteiger partial charge in [-0.15, -0.1) is 10.2 Å². The molecule has 3 rings (SSSR count). The van der Waals surface area contributed by atoms with E-state index in [4.69, 9.17) is 16.9 Å². The van der Waals surface area contributed by atoms with Gasteiger partial charge in [-0.1, -0.05) is 30.7 Å². The zero-order valence-corrected chi connectivity index (χ0v) is 16.3. The molecule has 0 aliphatic rings. The van der Waals surface area contributed by atoms with Crippen LogP contribution in [0.2, 0.25) is 5.02 Å². The standard InChI is InChI=1S/C20H19ClN6O/c1-3-18(20(28)26(2)13-15-6-4-5-14(11-15)12-22)27-24-19(23-25-27)16-7-9-17(21)10-8-16/h4-11,18H,3,13H2,1-2H3. The molecule has 1 aromatic heterocycles. The number of benzene rings is 2. The van der Waals surface area contributed by atoms with Crippen LogP contribution < -0.4 is 0 Å². The smallest absolute Gasteiger partial charge is 0.249 e. The average molecular weight is 395 g/mol. The third-order valence-corrected chi connectivity index (χ3v) is 4.59. The summed E-state index contributed by atoms with van der Waals surface area (Å²) in [7, 11) is 1.72. The molecule has 1 unspecified atom stereocenters. The molecular formula is C20H19ClN6O. The molecule has 0 saturated carbocycles. The summed E-state index contributed by atoms with van der Waals surface area (Å²) in [6, 6.07) is 15.9. The number of amides is 1. The Hall–Kier alpha value is -3.24. The van der Waals surface area contributed by atoms with Crippen molar-refractivity contribution >= 4 is 17.5 Å². The highest BCUT2D eigenvalue weighted by Gasteiger charge is 2.25. The van der Waals surface area contributed by atoms with E-state index in [1.165, 1.54) is 4.80 Å². The zero-order chi connectivity index (χ0) is 20.1. The number of rotatable bonds is 6. The van der Waals surface area contributed by atoms with Gasteiger partial charge in [-0.25, -0.2) is 0 Å². The predicted molar refractivity (Wildman–Crippen MR) is 105 cm³/mol. The molecule has 0 spiro atoms. The summed E-state index contributed by atoms with van der Waals surface area (Å²) < 4.78 is 0. The largest absolute Gasteiger partial charge is 0.340 e. The number of tetrazole rings is 1. The minimum Gasteiger partial charge on any atom is -0.340 e. The monoisotopic (exact) mass is 394 g/mol. The molecule has 7 nitrogen and oxygen atoms in total. The summed E-state index contributed by atoms with van der Waals surface area (Å²) in [6.07, 6.45) is 0.526. The first kappa shape index (κ1) is 19.5. The van der Waals surface area contributed by atoms with Gasteiger partial charge in [0.05, 0.1) is 11.6 Å². The highest BCUT2D eigenvalue weighted by atomic mass is 35.5. The molecule has 28 heavy (non-hydrogen) atoms. The number of likely N-dealkylation sites (N-methyl/N-ethyl adjacent to an activating group) is 1. The minimum atomic E-state index is -0.558. The van der Waals surface area contributed by atoms with Crippen molar-refractivity contribution in [2.75, 3.05) is 7.05 Å². The molecule has 1 heterocycles. The Bertz CT molecular complexity index is 1010. The van der Waals surface area contributed by atoms with E-state index in [1.54, 1.807) is 54.4 Å². The molecule has 0 aliphatic carbocycles. The van der Waals surface area contributed by atoms with E-state index in [0.717, 1.165) is 11.1 Å². The fraction of sp³-hybridized carbons (Fsp3) is 0.250. The maximum absolute atomic E-state index is 12.9. The van der Waals surface area contributed by atoms with Crippen LogP contribution in [0.25, 0.3) is 11.4 Å². The van der Waals surface area contributed by atoms with E-state index in [9.17, 15) is 4.79 Å². The average Bonchev–Trinajstić information content (AvgIpc) is 3.19. The van der Waals surface area contributed by atoms with E-state index in [-0.39, 0.29) is 5.91 Å². The molecule has 8 heteroatoms. The number of aromatic nitrogens is 4. The van der Waals surface area contributed by atoms with Crippen LogP contribution in [0, 0.1) is 11.3 Å². The molecule has 0 N–H and O–H groups in total. The van der Waals surface area contributed by atoms with Gasteiger partial charge in [0.1, 0.15) is 0 Å². The van der Waals surface area contributed by atoms with Gasteiger partial charge in [0.2, 0.25) is 11.7 Å². The normalized spacial score (nSPS) is 11.6. The quantitative estimate of drug-likeness (QED) is 0.638. The van der Waals surface area contributed by atoms with Crippen LogP contribution in [0.5, 0.6) is 0 Å². The molecule has 1 atom stereocenters. The lowest BCUT2D eigenvalue weighted by molar-refractivity contribution is -0.134. The van der Waals surface area contributed by atoms with Crippen molar-refractivity contribution in [1.29, 1.82) is 5.26 Å². The Morgan fingerprint density at radius 1 is 1.29 bits per heavy atom. The Kier molecular flexibility index (Phi) is 6.02. The Balaban J connectivity index is 1.76. The Morgan fingerprint density at radius 2 is 2.04 bits per heavy atom. The van der Waals surface area contributed by atoms with Crippen molar-refractivity contribution < 1.29 is 4.79 Å². The number of hydrogen-bond acceptors (Lipinski definition) is 5. The Labute approximate surface area is 168 Å². The molecular weight excluding hydrogens is 376 g/mol. The van der Waals surface area contributed by atoms with Crippen LogP contribution in [-0.4, -0.2) is 38.1 Å². The van der Waals surface area contributed by atoms with Gasteiger partial charge in [0.15, 0.2) is 6.04 Å². The van der Waals surface area contributed by atoms with Crippen molar-refractivity contribution in [2.24, 2.45) is 0 Å². The number of carbonyl (C=O) groups excluding carboxylic acids is 1. The highest BCUT2D eigenvalue weighted by molar-refractivity contribution is 6.30. The number of nitriles is 1. The third kappa shape index (κ3) is 4.35. The second kappa shape index (κ2) is 8.63. The highest BCUT2D eigenvalue weighted by Crippen LogP contribution is 2.19. The van der Waals surface area contributed by atoms with Crippen molar-refractivity contribution in [3.63, 3.8) is 0 Å². The topological polar surface area (TPSA) is 87.7 Å². The van der Waals surface area contributed by atoms with Crippen LogP contribution >= 0.6 is 11.6 Å². The third-order valence-electron chi connectivity index (χ3n) is 4.33. The summed E-state index contributed by atoms with van der Waals surface area (Å²) in [5.41, 5.74) is 2.23. The molecule has 0 bridgehead atoms. The van der Waals surface area contributed by atoms with E-state index in [0.29, 0.717) is 29.4 Å². The van der Waals surface area contributed by atoms with E-state index < -0.39 is 6.04 Å². The van der Waals surface area contributed by atoms with Crippen LogP contribution in [0.3, 0.4) is 0 Å². The van der Waals surface area contributed by atoms with Gasteiger partial charge in [-0.3, -0.25) is 4.79 Å². The Morgan fingerprint density at radius 3 is 2.71 bits per heavy atom. The van der Waals surface area contributed by atoms with Gasteiger partial charge < -0.3 is 4.90 Å². The maximum atomic E-state index is 12.9. The summed E-state index contributed by atoms with van der Waals surface area (Å²) in [5.74, 6) is 0.317. The van der Waals surface area contributed by atoms with Gasteiger partial charge in [0, 0.05) is 24.2 Å².